The summed E-state index contributed by atoms with van der Waals surface area (Å²) in [5.74, 6) is -1.40. The Kier molecular flexibility index (Phi) is 5.04. The monoisotopic (exact) mass is 365 g/mol. The summed E-state index contributed by atoms with van der Waals surface area (Å²) in [5, 5.41) is 13.0. The highest BCUT2D eigenvalue weighted by Gasteiger charge is 2.13. The van der Waals surface area contributed by atoms with Crippen LogP contribution in [0.4, 0.5) is 14.7 Å². The van der Waals surface area contributed by atoms with Crippen molar-refractivity contribution in [3.63, 3.8) is 0 Å². The second kappa shape index (κ2) is 7.58. The maximum atomic E-state index is 14.0. The third-order valence-corrected chi connectivity index (χ3v) is 3.80. The standard InChI is InChI=1S/C19H13F2N5O/c1-11-15(20)8-7-13(16(11)21)10-23-26-19-24-17(12-5-3-2-4-6-12)14(9-22)18(27)25-19/h2-8,10H,1H3,(H2,24,25,26,27). The molecule has 1 heterocycles. The van der Waals surface area contributed by atoms with Crippen LogP contribution in [0.25, 0.3) is 11.3 Å². The SMILES string of the molecule is Cc1c(F)ccc(C=NNc2nc(-c3ccccc3)c(C#N)c(=O)[nH]2)c1F. The predicted molar refractivity (Wildman–Crippen MR) is 97.3 cm³/mol. The minimum absolute atomic E-state index is 0.0201. The van der Waals surface area contributed by atoms with E-state index in [4.69, 9.17) is 0 Å². The fraction of sp³-hybridized carbons (Fsp3) is 0.0526. The van der Waals surface area contributed by atoms with Gasteiger partial charge in [-0.25, -0.2) is 19.2 Å². The Hall–Kier alpha value is -3.86. The molecule has 0 atom stereocenters. The van der Waals surface area contributed by atoms with E-state index in [1.807, 2.05) is 6.07 Å². The topological polar surface area (TPSA) is 93.9 Å². The smallest absolute Gasteiger partial charge is 0.270 e. The predicted octanol–water partition coefficient (Wildman–Crippen LogP) is 3.34. The van der Waals surface area contributed by atoms with Gasteiger partial charge < -0.3 is 0 Å². The van der Waals surface area contributed by atoms with Gasteiger partial charge in [-0.2, -0.15) is 10.4 Å². The molecule has 8 heteroatoms. The zero-order chi connectivity index (χ0) is 19.4. The van der Waals surface area contributed by atoms with Crippen LogP contribution in [0.5, 0.6) is 0 Å². The summed E-state index contributed by atoms with van der Waals surface area (Å²) in [4.78, 5) is 18.7. The van der Waals surface area contributed by atoms with Gasteiger partial charge in [0.15, 0.2) is 0 Å². The molecule has 27 heavy (non-hydrogen) atoms. The van der Waals surface area contributed by atoms with Crippen molar-refractivity contribution in [1.29, 1.82) is 5.26 Å². The third-order valence-electron chi connectivity index (χ3n) is 3.80. The van der Waals surface area contributed by atoms with E-state index in [9.17, 15) is 18.8 Å². The first kappa shape index (κ1) is 17.9. The molecule has 3 aromatic rings. The number of anilines is 1. The Morgan fingerprint density at radius 2 is 1.96 bits per heavy atom. The molecule has 0 amide bonds. The van der Waals surface area contributed by atoms with Crippen LogP contribution in [-0.2, 0) is 0 Å². The number of aromatic nitrogens is 2. The van der Waals surface area contributed by atoms with Crippen LogP contribution in [0.3, 0.4) is 0 Å². The Bertz CT molecular complexity index is 1120. The van der Waals surface area contributed by atoms with E-state index in [0.717, 1.165) is 12.3 Å². The van der Waals surface area contributed by atoms with Crippen molar-refractivity contribution in [2.75, 3.05) is 5.43 Å². The Balaban J connectivity index is 1.93. The normalized spacial score (nSPS) is 10.7. The Morgan fingerprint density at radius 1 is 1.22 bits per heavy atom. The minimum atomic E-state index is -0.730. The van der Waals surface area contributed by atoms with Gasteiger partial charge in [0.1, 0.15) is 23.3 Å². The summed E-state index contributed by atoms with van der Waals surface area (Å²) in [6.07, 6.45) is 1.14. The molecule has 1 aromatic heterocycles. The molecule has 2 N–H and O–H groups in total. The van der Waals surface area contributed by atoms with E-state index in [-0.39, 0.29) is 28.3 Å². The Labute approximate surface area is 152 Å². The minimum Gasteiger partial charge on any atom is -0.290 e. The first-order chi connectivity index (χ1) is 13.0. The maximum absolute atomic E-state index is 14.0. The lowest BCUT2D eigenvalue weighted by Crippen LogP contribution is -2.16. The molecular weight excluding hydrogens is 352 g/mol. The summed E-state index contributed by atoms with van der Waals surface area (Å²) in [5.41, 5.74) is 2.47. The van der Waals surface area contributed by atoms with Crippen molar-refractivity contribution in [3.8, 4) is 17.3 Å². The molecule has 6 nitrogen and oxygen atoms in total. The van der Waals surface area contributed by atoms with Gasteiger partial charge in [-0.05, 0) is 19.1 Å². The molecule has 0 aliphatic rings. The van der Waals surface area contributed by atoms with Gasteiger partial charge in [-0.3, -0.25) is 9.78 Å². The van der Waals surface area contributed by atoms with Crippen LogP contribution in [0, 0.1) is 29.9 Å². The van der Waals surface area contributed by atoms with E-state index < -0.39 is 17.2 Å². The number of nitrogens with zero attached hydrogens (tertiary/aromatic N) is 3. The highest BCUT2D eigenvalue weighted by molar-refractivity contribution is 5.80. The molecule has 0 bridgehead atoms. The van der Waals surface area contributed by atoms with Crippen LogP contribution in [0.2, 0.25) is 0 Å². The molecule has 0 aliphatic carbocycles. The summed E-state index contributed by atoms with van der Waals surface area (Å²) in [6.45, 7) is 1.32. The molecule has 0 spiro atoms. The van der Waals surface area contributed by atoms with E-state index in [1.165, 1.54) is 13.0 Å². The number of hydrogen-bond donors (Lipinski definition) is 2. The van der Waals surface area contributed by atoms with Crippen molar-refractivity contribution in [2.24, 2.45) is 5.10 Å². The van der Waals surface area contributed by atoms with Crippen LogP contribution in [-0.4, -0.2) is 16.2 Å². The van der Waals surface area contributed by atoms with E-state index >= 15 is 0 Å². The number of rotatable bonds is 4. The number of nitrogens with one attached hydrogen (secondary N) is 2. The number of aromatic amines is 1. The molecule has 134 valence electrons. The number of hydrazone groups is 1. The van der Waals surface area contributed by atoms with Crippen LogP contribution >= 0.6 is 0 Å². The number of benzene rings is 2. The van der Waals surface area contributed by atoms with Gasteiger partial charge in [0.25, 0.3) is 5.56 Å². The summed E-state index contributed by atoms with van der Waals surface area (Å²) >= 11 is 0. The van der Waals surface area contributed by atoms with Crippen LogP contribution in [0.15, 0.2) is 52.4 Å². The highest BCUT2D eigenvalue weighted by Crippen LogP contribution is 2.19. The molecule has 3 rings (SSSR count). The average Bonchev–Trinajstić information content (AvgIpc) is 2.68. The molecule has 0 aliphatic heterocycles. The molecule has 0 saturated carbocycles. The van der Waals surface area contributed by atoms with Crippen molar-refractivity contribution >= 4 is 12.2 Å². The molecular formula is C19H13F2N5O. The first-order valence-electron chi connectivity index (χ1n) is 7.84. The van der Waals surface area contributed by atoms with E-state index in [0.29, 0.717) is 5.56 Å². The average molecular weight is 365 g/mol. The van der Waals surface area contributed by atoms with Crippen molar-refractivity contribution in [1.82, 2.24) is 9.97 Å². The molecule has 0 radical (unpaired) electrons. The fourth-order valence-corrected chi connectivity index (χ4v) is 2.38. The Morgan fingerprint density at radius 3 is 2.67 bits per heavy atom. The number of hydrogen-bond acceptors (Lipinski definition) is 5. The second-order valence-corrected chi connectivity index (χ2v) is 5.56. The van der Waals surface area contributed by atoms with Crippen LogP contribution < -0.4 is 11.0 Å². The van der Waals surface area contributed by atoms with Crippen molar-refractivity contribution < 1.29 is 8.78 Å². The molecule has 2 aromatic carbocycles. The fourth-order valence-electron chi connectivity index (χ4n) is 2.38. The lowest BCUT2D eigenvalue weighted by Gasteiger charge is -2.06. The maximum Gasteiger partial charge on any atom is 0.270 e. The highest BCUT2D eigenvalue weighted by atomic mass is 19.1. The first-order valence-corrected chi connectivity index (χ1v) is 7.84. The quantitative estimate of drug-likeness (QED) is 0.548. The number of nitriles is 1. The lowest BCUT2D eigenvalue weighted by atomic mass is 10.1. The zero-order valence-electron chi connectivity index (χ0n) is 14.1. The number of halogens is 2. The van der Waals surface area contributed by atoms with Gasteiger partial charge >= 0.3 is 0 Å². The summed E-state index contributed by atoms with van der Waals surface area (Å²) < 4.78 is 27.3. The van der Waals surface area contributed by atoms with E-state index in [1.54, 1.807) is 30.3 Å². The van der Waals surface area contributed by atoms with E-state index in [2.05, 4.69) is 20.5 Å². The third kappa shape index (κ3) is 3.72. The van der Waals surface area contributed by atoms with Gasteiger partial charge in [-0.15, -0.1) is 0 Å². The number of H-pyrrole nitrogens is 1. The molecule has 0 fully saturated rings. The summed E-state index contributed by atoms with van der Waals surface area (Å²) in [6, 6.07) is 12.9. The summed E-state index contributed by atoms with van der Waals surface area (Å²) in [7, 11) is 0. The van der Waals surface area contributed by atoms with Crippen LogP contribution in [0.1, 0.15) is 16.7 Å². The van der Waals surface area contributed by atoms with Crippen molar-refractivity contribution in [3.05, 3.63) is 81.1 Å². The van der Waals surface area contributed by atoms with Gasteiger partial charge in [-0.1, -0.05) is 30.3 Å². The molecule has 0 unspecified atom stereocenters. The lowest BCUT2D eigenvalue weighted by molar-refractivity contribution is 0.567. The second-order valence-electron chi connectivity index (χ2n) is 5.56. The van der Waals surface area contributed by atoms with Gasteiger partial charge in [0.2, 0.25) is 5.95 Å². The van der Waals surface area contributed by atoms with Gasteiger partial charge in [0.05, 0.1) is 11.9 Å². The largest absolute Gasteiger partial charge is 0.290 e. The van der Waals surface area contributed by atoms with Crippen molar-refractivity contribution in [2.45, 2.75) is 6.92 Å². The van der Waals surface area contributed by atoms with Gasteiger partial charge in [0, 0.05) is 16.7 Å². The molecule has 0 saturated heterocycles. The zero-order valence-corrected chi connectivity index (χ0v) is 14.1.